The third-order valence-electron chi connectivity index (χ3n) is 1.92. The van der Waals surface area contributed by atoms with Crippen molar-refractivity contribution in [1.82, 2.24) is 0 Å². The standard InChI is InChI=1S/C12H16O/c1-10(2)6-7-11-4-3-5-12(8-11)9-13/h3-6,8,13H,7,9H2,1-2H3. The predicted molar refractivity (Wildman–Crippen MR) is 55.5 cm³/mol. The fourth-order valence-electron chi connectivity index (χ4n) is 1.18. The lowest BCUT2D eigenvalue weighted by atomic mass is 10.1. The lowest BCUT2D eigenvalue weighted by molar-refractivity contribution is 0.282. The maximum Gasteiger partial charge on any atom is 0.0681 e. The molecule has 0 aliphatic rings. The second-order valence-electron chi connectivity index (χ2n) is 3.46. The molecule has 1 rings (SSSR count). The number of hydrogen-bond donors (Lipinski definition) is 1. The highest BCUT2D eigenvalue weighted by atomic mass is 16.3. The number of aliphatic hydroxyl groups excluding tert-OH is 1. The van der Waals surface area contributed by atoms with Gasteiger partial charge in [0.25, 0.3) is 0 Å². The number of allylic oxidation sites excluding steroid dienone is 2. The van der Waals surface area contributed by atoms with Gasteiger partial charge in [-0.05, 0) is 31.4 Å². The van der Waals surface area contributed by atoms with E-state index in [1.165, 1.54) is 11.1 Å². The van der Waals surface area contributed by atoms with Gasteiger partial charge < -0.3 is 5.11 Å². The van der Waals surface area contributed by atoms with Crippen LogP contribution in [0.4, 0.5) is 0 Å². The first-order valence-corrected chi connectivity index (χ1v) is 4.54. The third kappa shape index (κ3) is 3.43. The molecule has 0 amide bonds. The summed E-state index contributed by atoms with van der Waals surface area (Å²) in [5, 5.41) is 8.92. The van der Waals surface area contributed by atoms with Gasteiger partial charge in [0.1, 0.15) is 0 Å². The number of benzene rings is 1. The molecule has 0 aliphatic carbocycles. The third-order valence-corrected chi connectivity index (χ3v) is 1.92. The van der Waals surface area contributed by atoms with Crippen molar-refractivity contribution in [3.8, 4) is 0 Å². The van der Waals surface area contributed by atoms with Crippen LogP contribution in [-0.4, -0.2) is 5.11 Å². The maximum atomic E-state index is 8.92. The van der Waals surface area contributed by atoms with Gasteiger partial charge in [0.05, 0.1) is 6.61 Å². The summed E-state index contributed by atoms with van der Waals surface area (Å²) >= 11 is 0. The van der Waals surface area contributed by atoms with Gasteiger partial charge in [0, 0.05) is 0 Å². The molecular formula is C12H16O. The molecule has 0 unspecified atom stereocenters. The zero-order chi connectivity index (χ0) is 9.68. The molecule has 1 aromatic rings. The second kappa shape index (κ2) is 4.83. The average molecular weight is 176 g/mol. The van der Waals surface area contributed by atoms with Crippen molar-refractivity contribution in [2.45, 2.75) is 26.9 Å². The highest BCUT2D eigenvalue weighted by Gasteiger charge is 1.92. The summed E-state index contributed by atoms with van der Waals surface area (Å²) in [6, 6.07) is 8.05. The molecule has 0 fully saturated rings. The van der Waals surface area contributed by atoms with E-state index in [9.17, 15) is 0 Å². The molecule has 1 heteroatoms. The van der Waals surface area contributed by atoms with Crippen LogP contribution in [0.25, 0.3) is 0 Å². The minimum absolute atomic E-state index is 0.128. The molecule has 0 bridgehead atoms. The van der Waals surface area contributed by atoms with Gasteiger partial charge in [-0.15, -0.1) is 0 Å². The zero-order valence-electron chi connectivity index (χ0n) is 8.25. The molecule has 0 spiro atoms. The fraction of sp³-hybridized carbons (Fsp3) is 0.333. The summed E-state index contributed by atoms with van der Waals surface area (Å²) in [6.45, 7) is 4.31. The van der Waals surface area contributed by atoms with Crippen LogP contribution in [0, 0.1) is 0 Å². The summed E-state index contributed by atoms with van der Waals surface area (Å²) in [7, 11) is 0. The van der Waals surface area contributed by atoms with Crippen LogP contribution in [0.5, 0.6) is 0 Å². The van der Waals surface area contributed by atoms with Crippen LogP contribution >= 0.6 is 0 Å². The lowest BCUT2D eigenvalue weighted by Crippen LogP contribution is -1.86. The molecule has 1 N–H and O–H groups in total. The van der Waals surface area contributed by atoms with E-state index in [2.05, 4.69) is 26.0 Å². The molecule has 1 aromatic carbocycles. The van der Waals surface area contributed by atoms with Crippen molar-refractivity contribution in [1.29, 1.82) is 0 Å². The Morgan fingerprint density at radius 3 is 2.62 bits per heavy atom. The first-order chi connectivity index (χ1) is 6.22. The molecule has 0 saturated carbocycles. The van der Waals surface area contributed by atoms with Crippen molar-refractivity contribution < 1.29 is 5.11 Å². The minimum Gasteiger partial charge on any atom is -0.392 e. The second-order valence-corrected chi connectivity index (χ2v) is 3.46. The molecule has 70 valence electrons. The average Bonchev–Trinajstić information content (AvgIpc) is 2.15. The molecule has 0 saturated heterocycles. The normalized spacial score (nSPS) is 9.77. The van der Waals surface area contributed by atoms with E-state index >= 15 is 0 Å². The molecule has 1 nitrogen and oxygen atoms in total. The first-order valence-electron chi connectivity index (χ1n) is 4.54. The van der Waals surface area contributed by atoms with Crippen molar-refractivity contribution in [2.24, 2.45) is 0 Å². The number of rotatable bonds is 3. The van der Waals surface area contributed by atoms with Gasteiger partial charge in [-0.3, -0.25) is 0 Å². The van der Waals surface area contributed by atoms with Crippen LogP contribution < -0.4 is 0 Å². The van der Waals surface area contributed by atoms with Crippen LogP contribution in [0.3, 0.4) is 0 Å². The predicted octanol–water partition coefficient (Wildman–Crippen LogP) is 2.69. The molecule has 13 heavy (non-hydrogen) atoms. The van der Waals surface area contributed by atoms with E-state index in [0.717, 1.165) is 12.0 Å². The Kier molecular flexibility index (Phi) is 3.71. The van der Waals surface area contributed by atoms with Gasteiger partial charge >= 0.3 is 0 Å². The van der Waals surface area contributed by atoms with Crippen LogP contribution in [0.1, 0.15) is 25.0 Å². The number of aliphatic hydroxyl groups is 1. The van der Waals surface area contributed by atoms with E-state index in [0.29, 0.717) is 0 Å². The van der Waals surface area contributed by atoms with Gasteiger partial charge in [0.15, 0.2) is 0 Å². The monoisotopic (exact) mass is 176 g/mol. The van der Waals surface area contributed by atoms with Crippen LogP contribution in [0.2, 0.25) is 0 Å². The van der Waals surface area contributed by atoms with E-state index in [1.807, 2.05) is 18.2 Å². The van der Waals surface area contributed by atoms with Crippen LogP contribution in [-0.2, 0) is 13.0 Å². The summed E-state index contributed by atoms with van der Waals surface area (Å²) < 4.78 is 0. The first kappa shape index (κ1) is 10.0. The van der Waals surface area contributed by atoms with Crippen molar-refractivity contribution in [2.75, 3.05) is 0 Å². The Hall–Kier alpha value is -1.08. The van der Waals surface area contributed by atoms with Gasteiger partial charge in [-0.2, -0.15) is 0 Å². The summed E-state index contributed by atoms with van der Waals surface area (Å²) in [5.41, 5.74) is 3.57. The topological polar surface area (TPSA) is 20.2 Å². The Morgan fingerprint density at radius 2 is 2.00 bits per heavy atom. The fourth-order valence-corrected chi connectivity index (χ4v) is 1.18. The molecular weight excluding hydrogens is 160 g/mol. The summed E-state index contributed by atoms with van der Waals surface area (Å²) in [4.78, 5) is 0. The number of hydrogen-bond acceptors (Lipinski definition) is 1. The molecule has 0 radical (unpaired) electrons. The van der Waals surface area contributed by atoms with E-state index in [4.69, 9.17) is 5.11 Å². The van der Waals surface area contributed by atoms with Gasteiger partial charge in [-0.25, -0.2) is 0 Å². The largest absolute Gasteiger partial charge is 0.392 e. The lowest BCUT2D eigenvalue weighted by Gasteiger charge is -2.00. The SMILES string of the molecule is CC(C)=CCc1cccc(CO)c1. The van der Waals surface area contributed by atoms with Crippen LogP contribution in [0.15, 0.2) is 35.9 Å². The summed E-state index contributed by atoms with van der Waals surface area (Å²) in [5.74, 6) is 0. The van der Waals surface area contributed by atoms with Crippen molar-refractivity contribution in [3.63, 3.8) is 0 Å². The highest BCUT2D eigenvalue weighted by molar-refractivity contribution is 5.25. The van der Waals surface area contributed by atoms with E-state index in [1.54, 1.807) is 0 Å². The Labute approximate surface area is 79.7 Å². The van der Waals surface area contributed by atoms with E-state index in [-0.39, 0.29) is 6.61 Å². The van der Waals surface area contributed by atoms with Gasteiger partial charge in [-0.1, -0.05) is 35.9 Å². The Balaban J connectivity index is 2.72. The van der Waals surface area contributed by atoms with Crippen molar-refractivity contribution in [3.05, 3.63) is 47.0 Å². The molecule has 0 atom stereocenters. The smallest absolute Gasteiger partial charge is 0.0681 e. The maximum absolute atomic E-state index is 8.92. The molecule has 0 aromatic heterocycles. The minimum atomic E-state index is 0.128. The van der Waals surface area contributed by atoms with E-state index < -0.39 is 0 Å². The molecule has 0 heterocycles. The van der Waals surface area contributed by atoms with Gasteiger partial charge in [0.2, 0.25) is 0 Å². The molecule has 0 aliphatic heterocycles. The summed E-state index contributed by atoms with van der Waals surface area (Å²) in [6.07, 6.45) is 3.15. The van der Waals surface area contributed by atoms with Crippen molar-refractivity contribution >= 4 is 0 Å². The highest BCUT2D eigenvalue weighted by Crippen LogP contribution is 2.07. The quantitative estimate of drug-likeness (QED) is 0.702. The Morgan fingerprint density at radius 1 is 1.31 bits per heavy atom. The zero-order valence-corrected chi connectivity index (χ0v) is 8.25. The Bertz CT molecular complexity index is 296.